The number of fused-ring (bicyclic) bond motifs is 3. The molecule has 100 valence electrons. The lowest BCUT2D eigenvalue weighted by molar-refractivity contribution is 0.255. The predicted molar refractivity (Wildman–Crippen MR) is 79.0 cm³/mol. The van der Waals surface area contributed by atoms with E-state index in [1.807, 2.05) is 12.1 Å². The molecule has 1 N–H and O–H groups in total. The summed E-state index contributed by atoms with van der Waals surface area (Å²) in [6.07, 6.45) is 2.48. The third-order valence-electron chi connectivity index (χ3n) is 4.34. The second-order valence-corrected chi connectivity index (χ2v) is 6.38. The van der Waals surface area contributed by atoms with Gasteiger partial charge < -0.3 is 10.2 Å². The van der Waals surface area contributed by atoms with Crippen LogP contribution in [-0.4, -0.2) is 39.3 Å². The lowest BCUT2D eigenvalue weighted by atomic mass is 9.94. The molecule has 4 nitrogen and oxygen atoms in total. The van der Waals surface area contributed by atoms with Gasteiger partial charge in [0.25, 0.3) is 0 Å². The maximum Gasteiger partial charge on any atom is 0.129 e. The van der Waals surface area contributed by atoms with Gasteiger partial charge in [-0.05, 0) is 37.4 Å². The van der Waals surface area contributed by atoms with Crippen molar-refractivity contribution in [3.05, 3.63) is 17.2 Å². The molecule has 19 heavy (non-hydrogen) atoms. The largest absolute Gasteiger partial charge is 0.379 e. The summed E-state index contributed by atoms with van der Waals surface area (Å²) >= 11 is 7.59. The highest BCUT2D eigenvalue weighted by atomic mass is 35.5. The van der Waals surface area contributed by atoms with E-state index in [0.717, 1.165) is 27.7 Å². The highest BCUT2D eigenvalue weighted by Gasteiger charge is 2.34. The highest BCUT2D eigenvalue weighted by Crippen LogP contribution is 2.35. The first-order valence-electron chi connectivity index (χ1n) is 6.71. The average Bonchev–Trinajstić information content (AvgIpc) is 3.03. The third-order valence-corrected chi connectivity index (χ3v) is 5.20. The van der Waals surface area contributed by atoms with Gasteiger partial charge in [0.05, 0.1) is 22.4 Å². The van der Waals surface area contributed by atoms with Gasteiger partial charge in [-0.1, -0.05) is 11.6 Å². The minimum absolute atomic E-state index is 0.517. The van der Waals surface area contributed by atoms with E-state index in [9.17, 15) is 0 Å². The molecule has 0 spiro atoms. The highest BCUT2D eigenvalue weighted by molar-refractivity contribution is 7.00. The molecule has 3 unspecified atom stereocenters. The van der Waals surface area contributed by atoms with Crippen molar-refractivity contribution >= 4 is 40.0 Å². The predicted octanol–water partition coefficient (Wildman–Crippen LogP) is 2.85. The maximum absolute atomic E-state index is 6.34. The Labute approximate surface area is 121 Å². The van der Waals surface area contributed by atoms with Crippen molar-refractivity contribution in [2.45, 2.75) is 18.9 Å². The van der Waals surface area contributed by atoms with Crippen LogP contribution < -0.4 is 5.32 Å². The van der Waals surface area contributed by atoms with Crippen LogP contribution in [0.25, 0.3) is 11.0 Å². The summed E-state index contributed by atoms with van der Waals surface area (Å²) < 4.78 is 8.66. The van der Waals surface area contributed by atoms with Gasteiger partial charge in [0.15, 0.2) is 0 Å². The van der Waals surface area contributed by atoms with Crippen LogP contribution in [0, 0.1) is 5.92 Å². The fraction of sp³-hybridized carbons (Fsp3) is 0.538. The lowest BCUT2D eigenvalue weighted by Gasteiger charge is -2.31. The van der Waals surface area contributed by atoms with Crippen LogP contribution in [-0.2, 0) is 0 Å². The van der Waals surface area contributed by atoms with Gasteiger partial charge in [0, 0.05) is 19.1 Å². The van der Waals surface area contributed by atoms with E-state index in [1.165, 1.54) is 44.2 Å². The van der Waals surface area contributed by atoms with E-state index < -0.39 is 0 Å². The van der Waals surface area contributed by atoms with E-state index in [-0.39, 0.29) is 0 Å². The minimum Gasteiger partial charge on any atom is -0.379 e. The molecule has 1 aromatic heterocycles. The average molecular weight is 295 g/mol. The first kappa shape index (κ1) is 11.9. The Hall–Kier alpha value is -0.910. The summed E-state index contributed by atoms with van der Waals surface area (Å²) in [5, 5.41) is 4.40. The molecule has 2 fully saturated rings. The Balaban J connectivity index is 1.67. The summed E-state index contributed by atoms with van der Waals surface area (Å²) in [5.41, 5.74) is 2.82. The smallest absolute Gasteiger partial charge is 0.129 e. The lowest BCUT2D eigenvalue weighted by Crippen LogP contribution is -2.39. The molecule has 0 saturated carbocycles. The number of hydrogen-bond donors (Lipinski definition) is 1. The van der Waals surface area contributed by atoms with E-state index in [0.29, 0.717) is 6.04 Å². The Morgan fingerprint density at radius 1 is 1.26 bits per heavy atom. The molecule has 0 radical (unpaired) electrons. The van der Waals surface area contributed by atoms with Crippen LogP contribution in [0.1, 0.15) is 12.8 Å². The van der Waals surface area contributed by atoms with Crippen LogP contribution in [0.2, 0.25) is 5.02 Å². The molecule has 1 aromatic carbocycles. The molecule has 4 rings (SSSR count). The Kier molecular flexibility index (Phi) is 2.86. The molecule has 2 saturated heterocycles. The molecule has 2 aromatic rings. The molecular formula is C13H15ClN4S. The van der Waals surface area contributed by atoms with E-state index in [2.05, 4.69) is 19.0 Å². The summed E-state index contributed by atoms with van der Waals surface area (Å²) in [5.74, 6) is 0.742. The first-order chi connectivity index (χ1) is 9.31. The molecule has 0 aliphatic carbocycles. The quantitative estimate of drug-likeness (QED) is 0.925. The Bertz CT molecular complexity index is 614. The summed E-state index contributed by atoms with van der Waals surface area (Å²) in [6.45, 7) is 3.66. The number of rotatable bonds is 2. The summed E-state index contributed by atoms with van der Waals surface area (Å²) in [7, 11) is 0. The van der Waals surface area contributed by atoms with E-state index in [4.69, 9.17) is 11.6 Å². The monoisotopic (exact) mass is 294 g/mol. The molecule has 0 amide bonds. The fourth-order valence-corrected chi connectivity index (χ4v) is 4.04. The standard InChI is InChI=1S/C13H15ClN4S/c14-9-1-2-11-13(17-19-16-11)12(9)15-10-4-6-18-5-3-8(10)7-18/h1-2,8,10,15H,3-7H2. The zero-order valence-electron chi connectivity index (χ0n) is 10.5. The molecule has 2 aliphatic heterocycles. The first-order valence-corrected chi connectivity index (χ1v) is 7.82. The zero-order valence-corrected chi connectivity index (χ0v) is 12.0. The van der Waals surface area contributed by atoms with Gasteiger partial charge in [-0.2, -0.15) is 8.75 Å². The summed E-state index contributed by atoms with van der Waals surface area (Å²) in [6, 6.07) is 4.37. The summed E-state index contributed by atoms with van der Waals surface area (Å²) in [4.78, 5) is 2.55. The normalized spacial score (nSPS) is 29.8. The van der Waals surface area contributed by atoms with Gasteiger partial charge in [0.2, 0.25) is 0 Å². The molecule has 6 heteroatoms. The number of anilines is 1. The van der Waals surface area contributed by atoms with Gasteiger partial charge in [0.1, 0.15) is 11.0 Å². The molecular weight excluding hydrogens is 280 g/mol. The SMILES string of the molecule is Clc1ccc2nsnc2c1NC1CCN2CCC1C2. The molecule has 3 atom stereocenters. The van der Waals surface area contributed by atoms with Gasteiger partial charge in [-0.15, -0.1) is 0 Å². The van der Waals surface area contributed by atoms with Crippen LogP contribution in [0.4, 0.5) is 5.69 Å². The number of halogens is 1. The van der Waals surface area contributed by atoms with Gasteiger partial charge in [-0.25, -0.2) is 0 Å². The number of benzene rings is 1. The van der Waals surface area contributed by atoms with Crippen molar-refractivity contribution < 1.29 is 0 Å². The van der Waals surface area contributed by atoms with Gasteiger partial charge >= 0.3 is 0 Å². The second kappa shape index (κ2) is 4.58. The van der Waals surface area contributed by atoms with Crippen molar-refractivity contribution in [1.82, 2.24) is 13.6 Å². The van der Waals surface area contributed by atoms with Gasteiger partial charge in [-0.3, -0.25) is 0 Å². The van der Waals surface area contributed by atoms with Crippen molar-refractivity contribution in [3.8, 4) is 0 Å². The van der Waals surface area contributed by atoms with E-state index in [1.54, 1.807) is 0 Å². The number of piperidine rings is 1. The second-order valence-electron chi connectivity index (χ2n) is 5.44. The molecule has 3 heterocycles. The van der Waals surface area contributed by atoms with Crippen molar-refractivity contribution in [1.29, 1.82) is 0 Å². The topological polar surface area (TPSA) is 41.1 Å². The van der Waals surface area contributed by atoms with Crippen molar-refractivity contribution in [3.63, 3.8) is 0 Å². The van der Waals surface area contributed by atoms with Crippen LogP contribution in [0.5, 0.6) is 0 Å². The minimum atomic E-state index is 0.517. The Morgan fingerprint density at radius 2 is 2.16 bits per heavy atom. The molecule has 2 bridgehead atoms. The third kappa shape index (κ3) is 2.00. The van der Waals surface area contributed by atoms with Crippen molar-refractivity contribution in [2.75, 3.05) is 25.0 Å². The van der Waals surface area contributed by atoms with Crippen LogP contribution >= 0.6 is 23.3 Å². The number of nitrogens with one attached hydrogen (secondary N) is 1. The van der Waals surface area contributed by atoms with Crippen molar-refractivity contribution in [2.24, 2.45) is 5.92 Å². The maximum atomic E-state index is 6.34. The van der Waals surface area contributed by atoms with Crippen LogP contribution in [0.3, 0.4) is 0 Å². The Morgan fingerprint density at radius 3 is 3.11 bits per heavy atom. The van der Waals surface area contributed by atoms with Crippen LogP contribution in [0.15, 0.2) is 12.1 Å². The number of hydrogen-bond acceptors (Lipinski definition) is 5. The zero-order chi connectivity index (χ0) is 12.8. The number of nitrogens with zero attached hydrogens (tertiary/aromatic N) is 3. The fourth-order valence-electron chi connectivity index (χ4n) is 3.29. The molecule has 2 aliphatic rings. The van der Waals surface area contributed by atoms with E-state index >= 15 is 0 Å². The number of aromatic nitrogens is 2.